The van der Waals surface area contributed by atoms with E-state index in [0.717, 1.165) is 23.3 Å². The first kappa shape index (κ1) is 17.9. The zero-order valence-corrected chi connectivity index (χ0v) is 14.4. The summed E-state index contributed by atoms with van der Waals surface area (Å²) in [5.41, 5.74) is 1.49. The number of amides is 2. The molecule has 0 aliphatic rings. The minimum Gasteiger partial charge on any atom is -0.451 e. The lowest BCUT2D eigenvalue weighted by molar-refractivity contribution is -0.123. The first-order chi connectivity index (χ1) is 11.5. The van der Waals surface area contributed by atoms with Gasteiger partial charge in [0.25, 0.3) is 11.8 Å². The summed E-state index contributed by atoms with van der Waals surface area (Å²) in [6.07, 6.45) is 1.90. The van der Waals surface area contributed by atoms with Crippen molar-refractivity contribution in [2.45, 2.75) is 26.7 Å². The molecule has 0 aliphatic carbocycles. The number of hydrogen-bond donors (Lipinski definition) is 1. The molecule has 0 unspecified atom stereocenters. The zero-order valence-electron chi connectivity index (χ0n) is 13.6. The van der Waals surface area contributed by atoms with E-state index in [-0.39, 0.29) is 0 Å². The molecule has 0 spiro atoms. The monoisotopic (exact) mass is 345 g/mol. The third-order valence-corrected chi connectivity index (χ3v) is 4.44. The molecule has 0 bridgehead atoms. The lowest BCUT2D eigenvalue weighted by atomic mass is 10.1. The Morgan fingerprint density at radius 2 is 1.88 bits per heavy atom. The van der Waals surface area contributed by atoms with Crippen LogP contribution < -0.4 is 5.32 Å². The number of aryl methyl sites for hydroxylation is 2. The molecule has 2 amide bonds. The number of carbonyl (C=O) groups is 3. The van der Waals surface area contributed by atoms with Crippen molar-refractivity contribution in [2.24, 2.45) is 0 Å². The molecule has 0 radical (unpaired) electrons. The highest BCUT2D eigenvalue weighted by Gasteiger charge is 2.16. The first-order valence-electron chi connectivity index (χ1n) is 7.67. The van der Waals surface area contributed by atoms with Gasteiger partial charge in [0.1, 0.15) is 4.88 Å². The molecule has 1 aromatic heterocycles. The molecule has 0 saturated carbocycles. The van der Waals surface area contributed by atoms with E-state index in [1.54, 1.807) is 36.4 Å². The highest BCUT2D eigenvalue weighted by molar-refractivity contribution is 7.14. The van der Waals surface area contributed by atoms with Gasteiger partial charge in [0.05, 0.1) is 0 Å². The minimum absolute atomic E-state index is 0.371. The van der Waals surface area contributed by atoms with Crippen molar-refractivity contribution in [3.8, 4) is 0 Å². The maximum Gasteiger partial charge on any atom is 0.348 e. The van der Waals surface area contributed by atoms with Crippen LogP contribution in [0.15, 0.2) is 36.4 Å². The zero-order chi connectivity index (χ0) is 17.5. The van der Waals surface area contributed by atoms with Crippen LogP contribution in [-0.2, 0) is 16.0 Å². The molecular formula is C18H19NO4S. The van der Waals surface area contributed by atoms with Gasteiger partial charge in [0, 0.05) is 10.4 Å². The summed E-state index contributed by atoms with van der Waals surface area (Å²) in [5, 5.41) is 2.19. The topological polar surface area (TPSA) is 72.5 Å². The van der Waals surface area contributed by atoms with Gasteiger partial charge in [-0.2, -0.15) is 0 Å². The Labute approximate surface area is 144 Å². The van der Waals surface area contributed by atoms with E-state index in [0.29, 0.717) is 10.4 Å². The number of esters is 1. The SMILES string of the molecule is CCCc1cc(C(=O)OCC(=O)NC(=O)c2ccccc2)sc1C. The van der Waals surface area contributed by atoms with Gasteiger partial charge in [-0.3, -0.25) is 14.9 Å². The van der Waals surface area contributed by atoms with Crippen LogP contribution >= 0.6 is 11.3 Å². The lowest BCUT2D eigenvalue weighted by Crippen LogP contribution is -2.34. The molecule has 2 aromatic rings. The normalized spacial score (nSPS) is 10.2. The van der Waals surface area contributed by atoms with Crippen LogP contribution in [0.4, 0.5) is 0 Å². The Morgan fingerprint density at radius 1 is 1.17 bits per heavy atom. The van der Waals surface area contributed by atoms with Crippen LogP contribution in [0.25, 0.3) is 0 Å². The number of hydrogen-bond acceptors (Lipinski definition) is 5. The summed E-state index contributed by atoms with van der Waals surface area (Å²) >= 11 is 1.35. The van der Waals surface area contributed by atoms with E-state index in [2.05, 4.69) is 12.2 Å². The Morgan fingerprint density at radius 3 is 2.54 bits per heavy atom. The highest BCUT2D eigenvalue weighted by atomic mass is 32.1. The number of nitrogens with one attached hydrogen (secondary N) is 1. The van der Waals surface area contributed by atoms with Gasteiger partial charge in [-0.1, -0.05) is 31.5 Å². The van der Waals surface area contributed by atoms with Crippen LogP contribution in [-0.4, -0.2) is 24.4 Å². The molecule has 0 fully saturated rings. The number of carbonyl (C=O) groups excluding carboxylic acids is 3. The largest absolute Gasteiger partial charge is 0.451 e. The van der Waals surface area contributed by atoms with Crippen LogP contribution in [0.5, 0.6) is 0 Å². The quantitative estimate of drug-likeness (QED) is 0.817. The van der Waals surface area contributed by atoms with E-state index < -0.39 is 24.4 Å². The summed E-state index contributed by atoms with van der Waals surface area (Å²) < 4.78 is 4.98. The first-order valence-corrected chi connectivity index (χ1v) is 8.48. The van der Waals surface area contributed by atoms with E-state index in [4.69, 9.17) is 4.74 Å². The Balaban J connectivity index is 1.86. The second kappa shape index (κ2) is 8.40. The molecule has 1 N–H and O–H groups in total. The van der Waals surface area contributed by atoms with E-state index in [1.807, 2.05) is 6.92 Å². The molecule has 6 heteroatoms. The number of rotatable bonds is 6. The fraction of sp³-hybridized carbons (Fsp3) is 0.278. The molecule has 2 rings (SSSR count). The molecule has 1 heterocycles. The summed E-state index contributed by atoms with van der Waals surface area (Å²) in [4.78, 5) is 37.1. The van der Waals surface area contributed by atoms with Crippen molar-refractivity contribution >= 4 is 29.1 Å². The standard InChI is InChI=1S/C18H19NO4S/c1-3-7-14-10-15(24-12(14)2)18(22)23-11-16(20)19-17(21)13-8-5-4-6-9-13/h4-6,8-10H,3,7,11H2,1-2H3,(H,19,20,21). The number of ether oxygens (including phenoxy) is 1. The van der Waals surface area contributed by atoms with Crippen LogP contribution in [0, 0.1) is 6.92 Å². The summed E-state index contributed by atoms with van der Waals surface area (Å²) in [7, 11) is 0. The van der Waals surface area contributed by atoms with Gasteiger partial charge < -0.3 is 4.74 Å². The van der Waals surface area contributed by atoms with Crippen LogP contribution in [0.1, 0.15) is 43.8 Å². The predicted molar refractivity (Wildman–Crippen MR) is 92.2 cm³/mol. The second-order valence-electron chi connectivity index (χ2n) is 5.26. The van der Waals surface area contributed by atoms with Crippen molar-refractivity contribution in [1.29, 1.82) is 0 Å². The number of thiophene rings is 1. The van der Waals surface area contributed by atoms with Crippen LogP contribution in [0.3, 0.4) is 0 Å². The lowest BCUT2D eigenvalue weighted by Gasteiger charge is -2.05. The van der Waals surface area contributed by atoms with Gasteiger partial charge in [0.2, 0.25) is 0 Å². The second-order valence-corrected chi connectivity index (χ2v) is 6.52. The minimum atomic E-state index is -0.653. The van der Waals surface area contributed by atoms with Gasteiger partial charge in [-0.25, -0.2) is 4.79 Å². The molecule has 0 atom stereocenters. The Kier molecular flexibility index (Phi) is 6.26. The van der Waals surface area contributed by atoms with Gasteiger partial charge in [-0.15, -0.1) is 11.3 Å². The van der Waals surface area contributed by atoms with Crippen molar-refractivity contribution in [2.75, 3.05) is 6.61 Å². The fourth-order valence-corrected chi connectivity index (χ4v) is 3.13. The van der Waals surface area contributed by atoms with Crippen molar-refractivity contribution < 1.29 is 19.1 Å². The van der Waals surface area contributed by atoms with E-state index in [9.17, 15) is 14.4 Å². The third kappa shape index (κ3) is 4.76. The molecule has 1 aromatic carbocycles. The van der Waals surface area contributed by atoms with Crippen molar-refractivity contribution in [3.05, 3.63) is 57.3 Å². The number of imide groups is 1. The van der Waals surface area contributed by atoms with Crippen molar-refractivity contribution in [1.82, 2.24) is 5.32 Å². The Bertz CT molecular complexity index is 737. The molecule has 5 nitrogen and oxygen atoms in total. The summed E-state index contributed by atoms with van der Waals surface area (Å²) in [6.45, 7) is 3.54. The van der Waals surface area contributed by atoms with Crippen LogP contribution in [0.2, 0.25) is 0 Å². The maximum atomic E-state index is 12.0. The van der Waals surface area contributed by atoms with Gasteiger partial charge in [0.15, 0.2) is 6.61 Å². The van der Waals surface area contributed by atoms with Gasteiger partial charge in [-0.05, 0) is 37.1 Å². The van der Waals surface area contributed by atoms with E-state index >= 15 is 0 Å². The smallest absolute Gasteiger partial charge is 0.348 e. The molecule has 0 saturated heterocycles. The maximum absolute atomic E-state index is 12.0. The third-order valence-electron chi connectivity index (χ3n) is 3.36. The average molecular weight is 345 g/mol. The molecule has 24 heavy (non-hydrogen) atoms. The number of benzene rings is 1. The Hall–Kier alpha value is -2.47. The fourth-order valence-electron chi connectivity index (χ4n) is 2.16. The predicted octanol–water partition coefficient (Wildman–Crippen LogP) is 3.12. The van der Waals surface area contributed by atoms with Gasteiger partial charge >= 0.3 is 5.97 Å². The van der Waals surface area contributed by atoms with Crippen molar-refractivity contribution in [3.63, 3.8) is 0 Å². The molecule has 0 aliphatic heterocycles. The summed E-state index contributed by atoms with van der Waals surface area (Å²) in [5.74, 6) is -1.72. The average Bonchev–Trinajstić information content (AvgIpc) is 2.95. The van der Waals surface area contributed by atoms with E-state index in [1.165, 1.54) is 11.3 Å². The highest BCUT2D eigenvalue weighted by Crippen LogP contribution is 2.23. The summed E-state index contributed by atoms with van der Waals surface area (Å²) in [6, 6.07) is 10.2. The molecular weight excluding hydrogens is 326 g/mol. The molecule has 126 valence electrons.